The summed E-state index contributed by atoms with van der Waals surface area (Å²) in [5.41, 5.74) is 6.71. The molecule has 1 heterocycles. The molecule has 0 bridgehead atoms. The van der Waals surface area contributed by atoms with E-state index in [-0.39, 0.29) is 0 Å². The monoisotopic (exact) mass is 167 g/mol. The molecule has 0 spiro atoms. The zero-order chi connectivity index (χ0) is 9.14. The highest BCUT2D eigenvalue weighted by atomic mass is 15.3. The van der Waals surface area contributed by atoms with Gasteiger partial charge in [0.05, 0.1) is 0 Å². The molecule has 0 amide bonds. The van der Waals surface area contributed by atoms with Gasteiger partial charge in [-0.3, -0.25) is 4.68 Å². The molecule has 68 valence electrons. The normalized spacial score (nSPS) is 13.2. The number of hydrogen-bond donors (Lipinski definition) is 1. The maximum Gasteiger partial charge on any atom is 0.148 e. The van der Waals surface area contributed by atoms with Crippen molar-refractivity contribution in [3.05, 3.63) is 11.8 Å². The van der Waals surface area contributed by atoms with Crippen LogP contribution < -0.4 is 5.73 Å². The number of hydrogen-bond acceptors (Lipinski definition) is 2. The van der Waals surface area contributed by atoms with Gasteiger partial charge in [-0.25, -0.2) is 0 Å². The quantitative estimate of drug-likeness (QED) is 0.749. The predicted molar refractivity (Wildman–Crippen MR) is 51.0 cm³/mol. The smallest absolute Gasteiger partial charge is 0.148 e. The summed E-state index contributed by atoms with van der Waals surface area (Å²) in [4.78, 5) is 0. The van der Waals surface area contributed by atoms with E-state index in [1.807, 2.05) is 17.8 Å². The van der Waals surface area contributed by atoms with Crippen LogP contribution in [0.25, 0.3) is 0 Å². The molecule has 0 radical (unpaired) electrons. The third kappa shape index (κ3) is 1.78. The number of nitrogens with two attached hydrogens (primary N) is 1. The fourth-order valence-corrected chi connectivity index (χ4v) is 1.27. The van der Waals surface area contributed by atoms with Gasteiger partial charge in [-0.1, -0.05) is 13.3 Å². The van der Waals surface area contributed by atoms with E-state index in [0.29, 0.717) is 11.9 Å². The Balaban J connectivity index is 2.74. The van der Waals surface area contributed by atoms with Gasteiger partial charge >= 0.3 is 0 Å². The molecule has 3 heteroatoms. The summed E-state index contributed by atoms with van der Waals surface area (Å²) in [5, 5.41) is 4.22. The van der Waals surface area contributed by atoms with Crippen LogP contribution in [0.5, 0.6) is 0 Å². The van der Waals surface area contributed by atoms with Crippen molar-refractivity contribution < 1.29 is 0 Å². The van der Waals surface area contributed by atoms with E-state index >= 15 is 0 Å². The van der Waals surface area contributed by atoms with Crippen LogP contribution in [0, 0.1) is 6.92 Å². The summed E-state index contributed by atoms with van der Waals surface area (Å²) in [6.07, 6.45) is 4.34. The molecule has 1 aromatic heterocycles. The van der Waals surface area contributed by atoms with Crippen molar-refractivity contribution in [1.82, 2.24) is 9.78 Å². The Bertz CT molecular complexity index is 233. The second-order valence-electron chi connectivity index (χ2n) is 3.32. The first-order valence-corrected chi connectivity index (χ1v) is 4.46. The first-order valence-electron chi connectivity index (χ1n) is 4.46. The maximum absolute atomic E-state index is 5.64. The van der Waals surface area contributed by atoms with Crippen LogP contribution in [-0.2, 0) is 0 Å². The van der Waals surface area contributed by atoms with Crippen molar-refractivity contribution >= 4 is 5.82 Å². The van der Waals surface area contributed by atoms with E-state index < -0.39 is 0 Å². The molecule has 2 N–H and O–H groups in total. The second-order valence-corrected chi connectivity index (χ2v) is 3.32. The lowest BCUT2D eigenvalue weighted by molar-refractivity contribution is 0.456. The fraction of sp³-hybridized carbons (Fsp3) is 0.667. The Morgan fingerprint density at radius 2 is 2.33 bits per heavy atom. The van der Waals surface area contributed by atoms with E-state index in [1.54, 1.807) is 0 Å². The number of aryl methyl sites for hydroxylation is 1. The molecule has 1 aromatic rings. The van der Waals surface area contributed by atoms with Gasteiger partial charge in [0.25, 0.3) is 0 Å². The van der Waals surface area contributed by atoms with Crippen LogP contribution >= 0.6 is 0 Å². The standard InChI is InChI=1S/C9H17N3/c1-4-5-8(3)12-6-7(2)9(10)11-12/h6,8H,4-5H2,1-3H3,(H2,10,11). The van der Waals surface area contributed by atoms with Crippen LogP contribution in [-0.4, -0.2) is 9.78 Å². The van der Waals surface area contributed by atoms with Gasteiger partial charge in [-0.2, -0.15) is 5.10 Å². The highest BCUT2D eigenvalue weighted by Crippen LogP contribution is 2.15. The molecule has 1 unspecified atom stereocenters. The molecule has 0 aromatic carbocycles. The molecular formula is C9H17N3. The predicted octanol–water partition coefficient (Wildman–Crippen LogP) is 2.13. The number of aromatic nitrogens is 2. The fourth-order valence-electron chi connectivity index (χ4n) is 1.27. The average Bonchev–Trinajstić information content (AvgIpc) is 2.33. The Kier molecular flexibility index (Phi) is 2.74. The molecule has 0 aliphatic rings. The van der Waals surface area contributed by atoms with E-state index in [0.717, 1.165) is 12.0 Å². The summed E-state index contributed by atoms with van der Waals surface area (Å²) in [5.74, 6) is 0.651. The van der Waals surface area contributed by atoms with Crippen molar-refractivity contribution in [3.8, 4) is 0 Å². The third-order valence-electron chi connectivity index (χ3n) is 2.11. The van der Waals surface area contributed by atoms with Crippen molar-refractivity contribution in [1.29, 1.82) is 0 Å². The Morgan fingerprint density at radius 1 is 1.67 bits per heavy atom. The largest absolute Gasteiger partial charge is 0.382 e. The van der Waals surface area contributed by atoms with Crippen LogP contribution in [0.15, 0.2) is 6.20 Å². The summed E-state index contributed by atoms with van der Waals surface area (Å²) in [6.45, 7) is 6.32. The lowest BCUT2D eigenvalue weighted by atomic mass is 10.2. The van der Waals surface area contributed by atoms with Crippen LogP contribution in [0.2, 0.25) is 0 Å². The maximum atomic E-state index is 5.64. The molecular weight excluding hydrogens is 150 g/mol. The van der Waals surface area contributed by atoms with Gasteiger partial charge in [-0.15, -0.1) is 0 Å². The highest BCUT2D eigenvalue weighted by molar-refractivity contribution is 5.35. The van der Waals surface area contributed by atoms with E-state index in [2.05, 4.69) is 18.9 Å². The lowest BCUT2D eigenvalue weighted by Crippen LogP contribution is -2.05. The molecule has 1 rings (SSSR count). The topological polar surface area (TPSA) is 43.8 Å². The Hall–Kier alpha value is -0.990. The molecule has 0 aliphatic carbocycles. The Morgan fingerprint density at radius 3 is 2.75 bits per heavy atom. The average molecular weight is 167 g/mol. The SMILES string of the molecule is CCCC(C)n1cc(C)c(N)n1. The second kappa shape index (κ2) is 3.61. The number of nitrogens with zero attached hydrogens (tertiary/aromatic N) is 2. The van der Waals surface area contributed by atoms with Gasteiger partial charge in [0.1, 0.15) is 5.82 Å². The lowest BCUT2D eigenvalue weighted by Gasteiger charge is -2.09. The summed E-state index contributed by atoms with van der Waals surface area (Å²) in [7, 11) is 0. The number of rotatable bonds is 3. The van der Waals surface area contributed by atoms with Gasteiger partial charge in [-0.05, 0) is 20.3 Å². The minimum absolute atomic E-state index is 0.464. The molecule has 1 atom stereocenters. The number of anilines is 1. The van der Waals surface area contributed by atoms with Gasteiger partial charge in [0.2, 0.25) is 0 Å². The van der Waals surface area contributed by atoms with E-state index in [9.17, 15) is 0 Å². The van der Waals surface area contributed by atoms with Crippen molar-refractivity contribution in [2.45, 2.75) is 39.7 Å². The van der Waals surface area contributed by atoms with Crippen LogP contribution in [0.1, 0.15) is 38.3 Å². The molecule has 0 aliphatic heterocycles. The molecule has 12 heavy (non-hydrogen) atoms. The molecule has 0 saturated carbocycles. The van der Waals surface area contributed by atoms with Crippen LogP contribution in [0.3, 0.4) is 0 Å². The van der Waals surface area contributed by atoms with Crippen molar-refractivity contribution in [2.75, 3.05) is 5.73 Å². The van der Waals surface area contributed by atoms with Gasteiger partial charge in [0, 0.05) is 17.8 Å². The molecule has 3 nitrogen and oxygen atoms in total. The minimum Gasteiger partial charge on any atom is -0.382 e. The van der Waals surface area contributed by atoms with E-state index in [1.165, 1.54) is 6.42 Å². The third-order valence-corrected chi connectivity index (χ3v) is 2.11. The van der Waals surface area contributed by atoms with Crippen LogP contribution in [0.4, 0.5) is 5.82 Å². The summed E-state index contributed by atoms with van der Waals surface area (Å²) < 4.78 is 1.95. The highest BCUT2D eigenvalue weighted by Gasteiger charge is 2.06. The number of nitrogen functional groups attached to an aromatic ring is 1. The van der Waals surface area contributed by atoms with E-state index in [4.69, 9.17) is 5.73 Å². The molecule has 0 saturated heterocycles. The van der Waals surface area contributed by atoms with Crippen molar-refractivity contribution in [3.63, 3.8) is 0 Å². The van der Waals surface area contributed by atoms with Gasteiger partial charge in [0.15, 0.2) is 0 Å². The first kappa shape index (κ1) is 9.10. The zero-order valence-corrected chi connectivity index (χ0v) is 8.04. The zero-order valence-electron chi connectivity index (χ0n) is 8.04. The summed E-state index contributed by atoms with van der Waals surface area (Å²) >= 11 is 0. The Labute approximate surface area is 73.6 Å². The van der Waals surface area contributed by atoms with Crippen molar-refractivity contribution in [2.24, 2.45) is 0 Å². The summed E-state index contributed by atoms with van der Waals surface area (Å²) in [6, 6.07) is 0.464. The molecule has 0 fully saturated rings. The minimum atomic E-state index is 0.464. The van der Waals surface area contributed by atoms with Gasteiger partial charge < -0.3 is 5.73 Å². The first-order chi connectivity index (χ1) is 5.65.